The van der Waals surface area contributed by atoms with Gasteiger partial charge in [-0.2, -0.15) is 5.10 Å². The fourth-order valence-corrected chi connectivity index (χ4v) is 7.50. The molecule has 5 heteroatoms. The van der Waals surface area contributed by atoms with Crippen molar-refractivity contribution >= 4 is 28.8 Å². The summed E-state index contributed by atoms with van der Waals surface area (Å²) in [6.45, 7) is 6.73. The van der Waals surface area contributed by atoms with Crippen LogP contribution in [0.3, 0.4) is 0 Å². The number of hydrogen-bond donors (Lipinski definition) is 2. The van der Waals surface area contributed by atoms with Crippen LogP contribution in [0.5, 0.6) is 0 Å². The van der Waals surface area contributed by atoms with Gasteiger partial charge >= 0.3 is 0 Å². The molecule has 0 aliphatic heterocycles. The van der Waals surface area contributed by atoms with E-state index in [1.54, 1.807) is 5.57 Å². The molecule has 0 spiro atoms. The molecule has 0 bridgehead atoms. The molecular weight excluding hydrogens is 354 g/mol. The Bertz CT molecular complexity index is 729. The van der Waals surface area contributed by atoms with Gasteiger partial charge in [0.2, 0.25) is 0 Å². The molecule has 0 aromatic carbocycles. The van der Waals surface area contributed by atoms with Crippen LogP contribution in [0.25, 0.3) is 0 Å². The van der Waals surface area contributed by atoms with E-state index in [-0.39, 0.29) is 10.5 Å². The van der Waals surface area contributed by atoms with Gasteiger partial charge in [0, 0.05) is 5.92 Å². The van der Waals surface area contributed by atoms with E-state index in [1.807, 2.05) is 6.92 Å². The summed E-state index contributed by atoms with van der Waals surface area (Å²) in [7, 11) is 0. The third-order valence-corrected chi connectivity index (χ3v) is 8.87. The summed E-state index contributed by atoms with van der Waals surface area (Å²) in [4.78, 5) is 12.3. The zero-order valence-electron chi connectivity index (χ0n) is 16.9. The van der Waals surface area contributed by atoms with Gasteiger partial charge < -0.3 is 5.73 Å². The molecule has 4 aliphatic carbocycles. The number of carbonyl (C=O) groups is 1. The third-order valence-electron chi connectivity index (χ3n) is 8.78. The SMILES string of the molecule is CC(=O)C1CCC2C3CCC4=C/C(=N/NC(N)=S)CCC4(C)C3CCC12C. The Morgan fingerprint density at radius 1 is 1.19 bits per heavy atom. The smallest absolute Gasteiger partial charge is 0.184 e. The van der Waals surface area contributed by atoms with Crippen molar-refractivity contribution in [3.8, 4) is 0 Å². The summed E-state index contributed by atoms with van der Waals surface area (Å²) in [5.74, 6) is 2.99. The number of hydrogen-bond acceptors (Lipinski definition) is 3. The average molecular weight is 388 g/mol. The van der Waals surface area contributed by atoms with Gasteiger partial charge in [-0.05, 0) is 105 Å². The number of ketones is 1. The predicted molar refractivity (Wildman–Crippen MR) is 113 cm³/mol. The molecule has 3 fully saturated rings. The summed E-state index contributed by atoms with van der Waals surface area (Å²) in [6, 6.07) is 0. The van der Waals surface area contributed by atoms with E-state index >= 15 is 0 Å². The normalized spacial score (nSPS) is 44.7. The topological polar surface area (TPSA) is 67.5 Å². The minimum absolute atomic E-state index is 0.228. The summed E-state index contributed by atoms with van der Waals surface area (Å²) in [6.07, 6.45) is 11.7. The molecule has 0 aromatic heterocycles. The Morgan fingerprint density at radius 2 is 1.96 bits per heavy atom. The molecule has 0 amide bonds. The van der Waals surface area contributed by atoms with E-state index in [2.05, 4.69) is 30.5 Å². The number of nitrogens with two attached hydrogens (primary N) is 1. The first kappa shape index (κ1) is 19.1. The fraction of sp³-hybridized carbons (Fsp3) is 0.773. The molecule has 4 nitrogen and oxygen atoms in total. The Balaban J connectivity index is 1.59. The summed E-state index contributed by atoms with van der Waals surface area (Å²) in [5.41, 5.74) is 11.5. The number of hydrazone groups is 1. The monoisotopic (exact) mass is 387 g/mol. The highest BCUT2D eigenvalue weighted by molar-refractivity contribution is 7.80. The maximum atomic E-state index is 12.3. The third kappa shape index (κ3) is 2.97. The quantitative estimate of drug-likeness (QED) is 0.546. The van der Waals surface area contributed by atoms with Crippen LogP contribution in [0.2, 0.25) is 0 Å². The van der Waals surface area contributed by atoms with E-state index < -0.39 is 0 Å². The summed E-state index contributed by atoms with van der Waals surface area (Å²) < 4.78 is 0. The van der Waals surface area contributed by atoms with Gasteiger partial charge in [0.1, 0.15) is 5.78 Å². The van der Waals surface area contributed by atoms with E-state index in [4.69, 9.17) is 18.0 Å². The lowest BCUT2D eigenvalue weighted by Gasteiger charge is -2.58. The van der Waals surface area contributed by atoms with Crippen LogP contribution < -0.4 is 11.2 Å². The van der Waals surface area contributed by atoms with Crippen molar-refractivity contribution < 1.29 is 4.79 Å². The molecule has 4 rings (SSSR count). The van der Waals surface area contributed by atoms with E-state index in [9.17, 15) is 4.79 Å². The van der Waals surface area contributed by atoms with Gasteiger partial charge in [0.15, 0.2) is 5.11 Å². The molecule has 6 atom stereocenters. The molecule has 0 radical (unpaired) electrons. The van der Waals surface area contributed by atoms with Crippen LogP contribution >= 0.6 is 12.2 Å². The minimum atomic E-state index is 0.228. The Labute approximate surface area is 168 Å². The molecule has 3 N–H and O–H groups in total. The fourth-order valence-electron chi connectivity index (χ4n) is 7.45. The number of nitrogens with one attached hydrogen (secondary N) is 1. The highest BCUT2D eigenvalue weighted by atomic mass is 32.1. The number of rotatable bonds is 2. The largest absolute Gasteiger partial charge is 0.375 e. The van der Waals surface area contributed by atoms with Gasteiger partial charge in [-0.25, -0.2) is 0 Å². The Morgan fingerprint density at radius 3 is 2.67 bits per heavy atom. The van der Waals surface area contributed by atoms with Crippen LogP contribution in [0.1, 0.15) is 72.1 Å². The highest BCUT2D eigenvalue weighted by Gasteiger charge is 2.59. The van der Waals surface area contributed by atoms with E-state index in [1.165, 1.54) is 32.1 Å². The van der Waals surface area contributed by atoms with Crippen molar-refractivity contribution in [2.45, 2.75) is 72.1 Å². The summed E-state index contributed by atoms with van der Waals surface area (Å²) in [5, 5.41) is 4.62. The maximum absolute atomic E-state index is 12.3. The van der Waals surface area contributed by atoms with Crippen LogP contribution in [0.4, 0.5) is 0 Å². The van der Waals surface area contributed by atoms with Crippen molar-refractivity contribution in [3.05, 3.63) is 11.6 Å². The lowest BCUT2D eigenvalue weighted by atomic mass is 9.46. The predicted octanol–water partition coefficient (Wildman–Crippen LogP) is 4.34. The number of fused-ring (bicyclic) bond motifs is 5. The first-order valence-corrected chi connectivity index (χ1v) is 11.0. The molecular formula is C22H33N3OS. The number of Topliss-reactive ketones (excluding diaryl/α,β-unsaturated/α-hetero) is 1. The average Bonchev–Trinajstić information content (AvgIpc) is 2.97. The Hall–Kier alpha value is -1.23. The molecule has 27 heavy (non-hydrogen) atoms. The number of thiocarbonyl (C=S) groups is 1. The molecule has 4 aliphatic rings. The van der Waals surface area contributed by atoms with Crippen molar-refractivity contribution in [2.75, 3.05) is 0 Å². The van der Waals surface area contributed by atoms with E-state index in [0.29, 0.717) is 17.1 Å². The van der Waals surface area contributed by atoms with Gasteiger partial charge in [-0.15, -0.1) is 0 Å². The number of nitrogens with zero attached hydrogens (tertiary/aromatic N) is 1. The standard InChI is InChI=1S/C22H33N3OS/c1-13(26)17-6-7-18-16-5-4-14-12-15(24-25-20(23)27)8-10-21(14,2)19(16)9-11-22(17,18)3/h12,16-19H,4-11H2,1-3H3,(H3,23,25,27)/b24-15+. The molecule has 0 saturated heterocycles. The Kier molecular flexibility index (Phi) is 4.73. The minimum Gasteiger partial charge on any atom is -0.375 e. The first-order chi connectivity index (χ1) is 12.8. The van der Waals surface area contributed by atoms with Crippen LogP contribution in [-0.2, 0) is 4.79 Å². The van der Waals surface area contributed by atoms with Crippen LogP contribution in [-0.4, -0.2) is 16.6 Å². The number of carbonyl (C=O) groups excluding carboxylic acids is 1. The van der Waals surface area contributed by atoms with Gasteiger partial charge in [-0.1, -0.05) is 19.4 Å². The molecule has 0 aromatic rings. The molecule has 3 saturated carbocycles. The maximum Gasteiger partial charge on any atom is 0.184 e. The molecule has 0 heterocycles. The van der Waals surface area contributed by atoms with Crippen molar-refractivity contribution in [2.24, 2.45) is 45.3 Å². The van der Waals surface area contributed by atoms with Crippen LogP contribution in [0, 0.1) is 34.5 Å². The van der Waals surface area contributed by atoms with Gasteiger partial charge in [-0.3, -0.25) is 10.2 Å². The number of allylic oxidation sites excluding steroid dienone is 2. The zero-order chi connectivity index (χ0) is 19.4. The second-order valence-corrected chi connectivity index (χ2v) is 10.3. The van der Waals surface area contributed by atoms with Gasteiger partial charge in [0.25, 0.3) is 0 Å². The molecule has 148 valence electrons. The highest BCUT2D eigenvalue weighted by Crippen LogP contribution is 2.66. The molecule has 6 unspecified atom stereocenters. The van der Waals surface area contributed by atoms with Crippen LogP contribution in [0.15, 0.2) is 16.8 Å². The lowest BCUT2D eigenvalue weighted by Crippen LogP contribution is -2.51. The van der Waals surface area contributed by atoms with Crippen molar-refractivity contribution in [1.29, 1.82) is 0 Å². The van der Waals surface area contributed by atoms with Crippen molar-refractivity contribution in [1.82, 2.24) is 5.43 Å². The second-order valence-electron chi connectivity index (χ2n) is 9.87. The zero-order valence-corrected chi connectivity index (χ0v) is 17.7. The first-order valence-electron chi connectivity index (χ1n) is 10.6. The lowest BCUT2D eigenvalue weighted by molar-refractivity contribution is -0.127. The van der Waals surface area contributed by atoms with Gasteiger partial charge in [0.05, 0.1) is 5.71 Å². The second kappa shape index (κ2) is 6.68. The van der Waals surface area contributed by atoms with E-state index in [0.717, 1.165) is 42.7 Å². The van der Waals surface area contributed by atoms with Crippen molar-refractivity contribution in [3.63, 3.8) is 0 Å². The summed E-state index contributed by atoms with van der Waals surface area (Å²) >= 11 is 4.87.